The molecule has 5 heteroatoms. The largest absolute Gasteiger partial charge is 0.378 e. The molecule has 0 unspecified atom stereocenters. The van der Waals surface area contributed by atoms with E-state index in [1.165, 1.54) is 0 Å². The van der Waals surface area contributed by atoms with Crippen LogP contribution >= 0.6 is 0 Å². The van der Waals surface area contributed by atoms with Crippen LogP contribution in [0.3, 0.4) is 0 Å². The molecule has 0 aromatic carbocycles. The first-order chi connectivity index (χ1) is 11.1. The predicted molar refractivity (Wildman–Crippen MR) is 88.6 cm³/mol. The van der Waals surface area contributed by atoms with Crippen LogP contribution in [0.2, 0.25) is 0 Å². The van der Waals surface area contributed by atoms with Gasteiger partial charge in [0.1, 0.15) is 11.9 Å². The second kappa shape index (κ2) is 6.46. The summed E-state index contributed by atoms with van der Waals surface area (Å²) >= 11 is 0. The van der Waals surface area contributed by atoms with Crippen LogP contribution in [0.25, 0.3) is 0 Å². The first-order valence-electron chi connectivity index (χ1n) is 8.47. The summed E-state index contributed by atoms with van der Waals surface area (Å²) in [5.41, 5.74) is 3.88. The summed E-state index contributed by atoms with van der Waals surface area (Å²) in [6.07, 6.45) is 2.73. The van der Waals surface area contributed by atoms with E-state index < -0.39 is 0 Å². The summed E-state index contributed by atoms with van der Waals surface area (Å²) < 4.78 is 11.4. The van der Waals surface area contributed by atoms with Crippen molar-refractivity contribution in [2.45, 2.75) is 52.2 Å². The molecule has 0 N–H and O–H groups in total. The summed E-state index contributed by atoms with van der Waals surface area (Å²) in [7, 11) is 0. The van der Waals surface area contributed by atoms with Gasteiger partial charge in [0.25, 0.3) is 0 Å². The van der Waals surface area contributed by atoms with E-state index in [2.05, 4.69) is 31.7 Å². The number of hydrogen-bond donors (Lipinski definition) is 0. The molecular formula is C18H25N3O2. The van der Waals surface area contributed by atoms with Gasteiger partial charge in [0.2, 0.25) is 0 Å². The number of hydrogen-bond acceptors (Lipinski definition) is 5. The Morgan fingerprint density at radius 2 is 2.00 bits per heavy atom. The SMILES string of the molecule is CCCc1nc(N2CCOCC2)c(C#N)c2c1COC(C)(C)C2. The molecule has 0 atom stereocenters. The molecule has 5 nitrogen and oxygen atoms in total. The highest BCUT2D eigenvalue weighted by molar-refractivity contribution is 5.62. The van der Waals surface area contributed by atoms with Crippen molar-refractivity contribution >= 4 is 5.82 Å². The zero-order valence-corrected chi connectivity index (χ0v) is 14.3. The van der Waals surface area contributed by atoms with Crippen LogP contribution in [-0.2, 0) is 28.9 Å². The van der Waals surface area contributed by atoms with Gasteiger partial charge in [-0.05, 0) is 25.8 Å². The normalized spacial score (nSPS) is 20.0. The zero-order chi connectivity index (χ0) is 16.4. The lowest BCUT2D eigenvalue weighted by atomic mass is 9.87. The Labute approximate surface area is 138 Å². The van der Waals surface area contributed by atoms with Crippen LogP contribution in [-0.4, -0.2) is 36.9 Å². The molecule has 0 radical (unpaired) electrons. The lowest BCUT2D eigenvalue weighted by molar-refractivity contribution is -0.0407. The number of anilines is 1. The Kier molecular flexibility index (Phi) is 4.56. The number of ether oxygens (including phenoxy) is 2. The van der Waals surface area contributed by atoms with Crippen molar-refractivity contribution < 1.29 is 9.47 Å². The Bertz CT molecular complexity index is 628. The van der Waals surface area contributed by atoms with E-state index in [1.807, 2.05) is 0 Å². The van der Waals surface area contributed by atoms with Gasteiger partial charge in [-0.15, -0.1) is 0 Å². The van der Waals surface area contributed by atoms with Crippen molar-refractivity contribution in [2.24, 2.45) is 0 Å². The molecule has 2 aliphatic rings. The number of aromatic nitrogens is 1. The summed E-state index contributed by atoms with van der Waals surface area (Å²) in [6, 6.07) is 2.43. The molecule has 3 heterocycles. The van der Waals surface area contributed by atoms with Crippen molar-refractivity contribution in [3.63, 3.8) is 0 Å². The van der Waals surface area contributed by atoms with Gasteiger partial charge in [0.15, 0.2) is 0 Å². The second-order valence-corrected chi connectivity index (χ2v) is 6.90. The molecular weight excluding hydrogens is 290 g/mol. The molecule has 3 rings (SSSR count). The number of pyridine rings is 1. The van der Waals surface area contributed by atoms with Gasteiger partial charge in [-0.1, -0.05) is 13.3 Å². The lowest BCUT2D eigenvalue weighted by Gasteiger charge is -2.36. The highest BCUT2D eigenvalue weighted by atomic mass is 16.5. The monoisotopic (exact) mass is 315 g/mol. The molecule has 2 aliphatic heterocycles. The van der Waals surface area contributed by atoms with Gasteiger partial charge >= 0.3 is 0 Å². The predicted octanol–water partition coefficient (Wildman–Crippen LogP) is 2.59. The van der Waals surface area contributed by atoms with E-state index in [9.17, 15) is 5.26 Å². The maximum absolute atomic E-state index is 9.81. The molecule has 0 spiro atoms. The van der Waals surface area contributed by atoms with Crippen molar-refractivity contribution in [1.82, 2.24) is 4.98 Å². The van der Waals surface area contributed by atoms with Gasteiger partial charge in [0.05, 0.1) is 31.0 Å². The minimum Gasteiger partial charge on any atom is -0.378 e. The molecule has 1 aromatic rings. The molecule has 0 amide bonds. The van der Waals surface area contributed by atoms with Gasteiger partial charge in [-0.25, -0.2) is 4.98 Å². The third-order valence-electron chi connectivity index (χ3n) is 4.60. The van der Waals surface area contributed by atoms with Crippen LogP contribution < -0.4 is 4.90 Å². The van der Waals surface area contributed by atoms with E-state index in [-0.39, 0.29) is 5.60 Å². The molecule has 0 bridgehead atoms. The van der Waals surface area contributed by atoms with Crippen molar-refractivity contribution in [3.8, 4) is 6.07 Å². The van der Waals surface area contributed by atoms with E-state index >= 15 is 0 Å². The smallest absolute Gasteiger partial charge is 0.147 e. The Morgan fingerprint density at radius 1 is 1.26 bits per heavy atom. The van der Waals surface area contributed by atoms with Gasteiger partial charge < -0.3 is 14.4 Å². The van der Waals surface area contributed by atoms with E-state index in [1.54, 1.807) is 0 Å². The summed E-state index contributed by atoms with van der Waals surface area (Å²) in [5, 5.41) is 9.81. The minimum absolute atomic E-state index is 0.230. The van der Waals surface area contributed by atoms with Crippen LogP contribution in [0.5, 0.6) is 0 Å². The number of nitrogens with zero attached hydrogens (tertiary/aromatic N) is 3. The van der Waals surface area contributed by atoms with Gasteiger partial charge in [-0.3, -0.25) is 0 Å². The van der Waals surface area contributed by atoms with Crippen LogP contribution in [0.4, 0.5) is 5.82 Å². The van der Waals surface area contributed by atoms with Crippen molar-refractivity contribution in [3.05, 3.63) is 22.4 Å². The fourth-order valence-corrected chi connectivity index (χ4v) is 3.39. The third-order valence-corrected chi connectivity index (χ3v) is 4.60. The average Bonchev–Trinajstić information content (AvgIpc) is 2.54. The summed E-state index contributed by atoms with van der Waals surface area (Å²) in [4.78, 5) is 7.08. The molecule has 1 aromatic heterocycles. The fraction of sp³-hybridized carbons (Fsp3) is 0.667. The topological polar surface area (TPSA) is 58.4 Å². The molecule has 1 saturated heterocycles. The van der Waals surface area contributed by atoms with Crippen molar-refractivity contribution in [1.29, 1.82) is 5.26 Å². The summed E-state index contributed by atoms with van der Waals surface area (Å²) in [6.45, 7) is 9.88. The molecule has 1 fully saturated rings. The molecule has 124 valence electrons. The molecule has 0 saturated carbocycles. The van der Waals surface area contributed by atoms with Crippen LogP contribution in [0.1, 0.15) is 49.6 Å². The number of aryl methyl sites for hydroxylation is 1. The maximum atomic E-state index is 9.81. The lowest BCUT2D eigenvalue weighted by Crippen LogP contribution is -2.39. The summed E-state index contributed by atoms with van der Waals surface area (Å²) in [5.74, 6) is 0.843. The third kappa shape index (κ3) is 3.19. The Hall–Kier alpha value is -1.64. The molecule has 0 aliphatic carbocycles. The first kappa shape index (κ1) is 16.2. The minimum atomic E-state index is -0.230. The standard InChI is InChI=1S/C18H25N3O2/c1-4-5-16-15-12-23-18(2,3)10-13(15)14(11-19)17(20-16)21-6-8-22-9-7-21/h4-10,12H2,1-3H3. The van der Waals surface area contributed by atoms with Crippen LogP contribution in [0, 0.1) is 11.3 Å². The quantitative estimate of drug-likeness (QED) is 0.858. The zero-order valence-electron chi connectivity index (χ0n) is 14.3. The van der Waals surface area contributed by atoms with Crippen molar-refractivity contribution in [2.75, 3.05) is 31.2 Å². The molecule has 23 heavy (non-hydrogen) atoms. The van der Waals surface area contributed by atoms with Gasteiger partial charge in [-0.2, -0.15) is 5.26 Å². The highest BCUT2D eigenvalue weighted by Gasteiger charge is 2.32. The number of rotatable bonds is 3. The number of fused-ring (bicyclic) bond motifs is 1. The maximum Gasteiger partial charge on any atom is 0.147 e. The second-order valence-electron chi connectivity index (χ2n) is 6.90. The first-order valence-corrected chi connectivity index (χ1v) is 8.47. The number of nitriles is 1. The van der Waals surface area contributed by atoms with E-state index in [0.29, 0.717) is 19.8 Å². The highest BCUT2D eigenvalue weighted by Crippen LogP contribution is 2.35. The van der Waals surface area contributed by atoms with E-state index in [0.717, 1.165) is 60.6 Å². The Balaban J connectivity index is 2.12. The Morgan fingerprint density at radius 3 is 2.65 bits per heavy atom. The average molecular weight is 315 g/mol. The fourth-order valence-electron chi connectivity index (χ4n) is 3.39. The van der Waals surface area contributed by atoms with Gasteiger partial charge in [0, 0.05) is 30.8 Å². The van der Waals surface area contributed by atoms with Crippen LogP contribution in [0.15, 0.2) is 0 Å². The number of morpholine rings is 1. The van der Waals surface area contributed by atoms with E-state index in [4.69, 9.17) is 14.5 Å².